The molecule has 0 amide bonds. The Kier molecular flexibility index (Phi) is 5.63. The van der Waals surface area contributed by atoms with Gasteiger partial charge in [0.25, 0.3) is 0 Å². The van der Waals surface area contributed by atoms with E-state index in [1.807, 2.05) is 23.9 Å². The van der Waals surface area contributed by atoms with E-state index in [-0.39, 0.29) is 0 Å². The van der Waals surface area contributed by atoms with Crippen molar-refractivity contribution >= 4 is 0 Å². The number of aryl methyl sites for hydroxylation is 2. The van der Waals surface area contributed by atoms with Gasteiger partial charge in [-0.05, 0) is 57.7 Å². The molecule has 5 nitrogen and oxygen atoms in total. The Balaban J connectivity index is 1.60. The average molecular weight is 343 g/mol. The average Bonchev–Trinajstić information content (AvgIpc) is 2.78. The molecule has 0 fully saturated rings. The highest BCUT2D eigenvalue weighted by Gasteiger charge is 2.20. The van der Waals surface area contributed by atoms with Crippen LogP contribution in [0.2, 0.25) is 0 Å². The lowest BCUT2D eigenvalue weighted by Gasteiger charge is -2.19. The van der Waals surface area contributed by atoms with Gasteiger partial charge in [-0.1, -0.05) is 6.07 Å². The molecular weight excluding hydrogens is 314 g/mol. The number of fused-ring (bicyclic) bond motifs is 1. The van der Waals surface area contributed by atoms with Gasteiger partial charge >= 0.3 is 0 Å². The second-order valence-electron chi connectivity index (χ2n) is 6.78. The first kappa shape index (κ1) is 17.8. The third kappa shape index (κ3) is 3.98. The summed E-state index contributed by atoms with van der Waals surface area (Å²) in [5, 5.41) is 8.23. The lowest BCUT2D eigenvalue weighted by atomic mass is 10.0. The van der Waals surface area contributed by atoms with Crippen LogP contribution in [0.5, 0.6) is 11.5 Å². The summed E-state index contributed by atoms with van der Waals surface area (Å²) in [7, 11) is 3.71. The quantitative estimate of drug-likeness (QED) is 0.816. The number of ether oxygens (including phenoxy) is 2. The summed E-state index contributed by atoms with van der Waals surface area (Å²) >= 11 is 0. The van der Waals surface area contributed by atoms with Crippen LogP contribution in [0.3, 0.4) is 0 Å². The highest BCUT2D eigenvalue weighted by molar-refractivity contribution is 5.43. The second kappa shape index (κ2) is 7.91. The van der Waals surface area contributed by atoms with E-state index in [1.165, 1.54) is 16.8 Å². The zero-order valence-electron chi connectivity index (χ0n) is 15.8. The van der Waals surface area contributed by atoms with E-state index >= 15 is 0 Å². The molecule has 2 aromatic rings. The lowest BCUT2D eigenvalue weighted by Crippen LogP contribution is -2.22. The first-order valence-corrected chi connectivity index (χ1v) is 9.13. The maximum atomic E-state index is 5.90. The van der Waals surface area contributed by atoms with Crippen LogP contribution in [0.15, 0.2) is 18.2 Å². The van der Waals surface area contributed by atoms with Gasteiger partial charge in [0, 0.05) is 30.4 Å². The standard InChI is InChI=1S/C20H29N3O2/c1-14-17(15(2)23(3)22-14)7-5-11-21-19-8-6-12-25-20-13-16(24-4)9-10-18(19)20/h9-10,13,19,21H,5-8,11-12H2,1-4H3. The van der Waals surface area contributed by atoms with Crippen molar-refractivity contribution in [1.29, 1.82) is 0 Å². The van der Waals surface area contributed by atoms with Gasteiger partial charge in [0.2, 0.25) is 0 Å². The molecule has 2 heterocycles. The van der Waals surface area contributed by atoms with Crippen molar-refractivity contribution in [3.05, 3.63) is 40.7 Å². The molecule has 1 aliphatic heterocycles. The summed E-state index contributed by atoms with van der Waals surface area (Å²) in [6, 6.07) is 6.49. The van der Waals surface area contributed by atoms with Gasteiger partial charge in [-0.3, -0.25) is 4.68 Å². The molecule has 1 atom stereocenters. The lowest BCUT2D eigenvalue weighted by molar-refractivity contribution is 0.313. The summed E-state index contributed by atoms with van der Waals surface area (Å²) in [6.45, 7) is 6.01. The van der Waals surface area contributed by atoms with Gasteiger partial charge in [-0.2, -0.15) is 5.10 Å². The van der Waals surface area contributed by atoms with Crippen molar-refractivity contribution in [3.63, 3.8) is 0 Å². The van der Waals surface area contributed by atoms with Crippen molar-refractivity contribution in [2.45, 2.75) is 45.6 Å². The fourth-order valence-electron chi connectivity index (χ4n) is 3.61. The molecule has 136 valence electrons. The highest BCUT2D eigenvalue weighted by atomic mass is 16.5. The van der Waals surface area contributed by atoms with Crippen LogP contribution in [0, 0.1) is 13.8 Å². The fraction of sp³-hybridized carbons (Fsp3) is 0.550. The summed E-state index contributed by atoms with van der Waals surface area (Å²) in [4.78, 5) is 0. The number of hydrogen-bond acceptors (Lipinski definition) is 4. The van der Waals surface area contributed by atoms with Crippen molar-refractivity contribution in [3.8, 4) is 11.5 Å². The van der Waals surface area contributed by atoms with Gasteiger partial charge in [-0.15, -0.1) is 0 Å². The van der Waals surface area contributed by atoms with Crippen molar-refractivity contribution in [2.24, 2.45) is 7.05 Å². The number of methoxy groups -OCH3 is 1. The Morgan fingerprint density at radius 1 is 1.36 bits per heavy atom. The molecule has 5 heteroatoms. The highest BCUT2D eigenvalue weighted by Crippen LogP contribution is 2.34. The first-order valence-electron chi connectivity index (χ1n) is 9.13. The number of rotatable bonds is 6. The Labute approximate surface area is 150 Å². The van der Waals surface area contributed by atoms with Crippen LogP contribution in [0.25, 0.3) is 0 Å². The van der Waals surface area contributed by atoms with Gasteiger partial charge < -0.3 is 14.8 Å². The third-order valence-corrected chi connectivity index (χ3v) is 5.14. The SMILES string of the molecule is COc1ccc2c(c1)OCCCC2NCCCc1c(C)nn(C)c1C. The number of nitrogens with one attached hydrogen (secondary N) is 1. The summed E-state index contributed by atoms with van der Waals surface area (Å²) < 4.78 is 13.2. The van der Waals surface area contributed by atoms with Crippen LogP contribution in [-0.4, -0.2) is 30.0 Å². The number of benzene rings is 1. The number of nitrogens with zero attached hydrogens (tertiary/aromatic N) is 2. The van der Waals surface area contributed by atoms with Crippen LogP contribution >= 0.6 is 0 Å². The molecule has 1 N–H and O–H groups in total. The monoisotopic (exact) mass is 343 g/mol. The van der Waals surface area contributed by atoms with E-state index < -0.39 is 0 Å². The zero-order chi connectivity index (χ0) is 17.8. The normalized spacial score (nSPS) is 16.9. The number of hydrogen-bond donors (Lipinski definition) is 1. The zero-order valence-corrected chi connectivity index (χ0v) is 15.8. The van der Waals surface area contributed by atoms with Crippen LogP contribution in [0.4, 0.5) is 0 Å². The van der Waals surface area contributed by atoms with Gasteiger partial charge in [-0.25, -0.2) is 0 Å². The summed E-state index contributed by atoms with van der Waals surface area (Å²) in [5.41, 5.74) is 5.06. The van der Waals surface area contributed by atoms with E-state index in [9.17, 15) is 0 Å². The Morgan fingerprint density at radius 3 is 2.92 bits per heavy atom. The Hall–Kier alpha value is -2.01. The van der Waals surface area contributed by atoms with E-state index in [2.05, 4.69) is 30.3 Å². The molecule has 0 radical (unpaired) electrons. The predicted octanol–water partition coefficient (Wildman–Crippen LogP) is 3.48. The minimum Gasteiger partial charge on any atom is -0.497 e. The second-order valence-corrected chi connectivity index (χ2v) is 6.78. The predicted molar refractivity (Wildman–Crippen MR) is 99.5 cm³/mol. The molecule has 0 spiro atoms. The molecule has 25 heavy (non-hydrogen) atoms. The van der Waals surface area contributed by atoms with Gasteiger partial charge in [0.1, 0.15) is 11.5 Å². The smallest absolute Gasteiger partial charge is 0.127 e. The van der Waals surface area contributed by atoms with Crippen molar-refractivity contribution in [1.82, 2.24) is 15.1 Å². The van der Waals surface area contributed by atoms with Crippen molar-refractivity contribution in [2.75, 3.05) is 20.3 Å². The van der Waals surface area contributed by atoms with E-state index in [0.717, 1.165) is 56.0 Å². The number of aromatic nitrogens is 2. The molecule has 1 unspecified atom stereocenters. The summed E-state index contributed by atoms with van der Waals surface area (Å²) in [5.74, 6) is 1.80. The van der Waals surface area contributed by atoms with Crippen molar-refractivity contribution < 1.29 is 9.47 Å². The Morgan fingerprint density at radius 2 is 2.20 bits per heavy atom. The molecule has 0 bridgehead atoms. The van der Waals surface area contributed by atoms with Crippen LogP contribution < -0.4 is 14.8 Å². The summed E-state index contributed by atoms with van der Waals surface area (Å²) in [6.07, 6.45) is 4.34. The first-order chi connectivity index (χ1) is 12.1. The maximum Gasteiger partial charge on any atom is 0.127 e. The maximum absolute atomic E-state index is 5.90. The van der Waals surface area contributed by atoms with Crippen LogP contribution in [-0.2, 0) is 13.5 Å². The molecule has 1 aliphatic rings. The molecule has 1 aromatic heterocycles. The minimum absolute atomic E-state index is 0.347. The molecule has 0 saturated heterocycles. The largest absolute Gasteiger partial charge is 0.497 e. The van der Waals surface area contributed by atoms with E-state index in [0.29, 0.717) is 6.04 Å². The topological polar surface area (TPSA) is 48.3 Å². The fourth-order valence-corrected chi connectivity index (χ4v) is 3.61. The van der Waals surface area contributed by atoms with E-state index in [1.54, 1.807) is 7.11 Å². The molecule has 0 aliphatic carbocycles. The molecule has 1 aromatic carbocycles. The van der Waals surface area contributed by atoms with E-state index in [4.69, 9.17) is 9.47 Å². The molecular formula is C20H29N3O2. The molecule has 3 rings (SSSR count). The minimum atomic E-state index is 0.347. The van der Waals surface area contributed by atoms with Gasteiger partial charge in [0.15, 0.2) is 0 Å². The third-order valence-electron chi connectivity index (χ3n) is 5.14. The van der Waals surface area contributed by atoms with Crippen LogP contribution in [0.1, 0.15) is 47.8 Å². The Bertz CT molecular complexity index is 724. The van der Waals surface area contributed by atoms with Gasteiger partial charge in [0.05, 0.1) is 19.4 Å². The molecule has 0 saturated carbocycles.